The normalized spacial score (nSPS) is 22.1. The summed E-state index contributed by atoms with van der Waals surface area (Å²) in [6.07, 6.45) is 5.42. The standard InChI is InChI=1S/C32H39N5O3/c1-19(2)14-26-29(38)35-27(24-15-22-8-6-7-9-23(22)16-24)31(40)37(26)28(30(39)36-32(3,4)5)21-12-10-20(11-13-21)25-17-33-34-18-25/h6-13,17-19,24-28H,14-16H2,1-5H3,(H,35,38)(H,36,39). The van der Waals surface area contributed by atoms with E-state index in [-0.39, 0.29) is 35.5 Å². The second kappa shape index (κ2) is 11.0. The number of hydrogen-bond donors (Lipinski definition) is 2. The number of nitrogens with one attached hydrogen (secondary N) is 2. The topological polar surface area (TPSA) is 103 Å². The predicted molar refractivity (Wildman–Crippen MR) is 156 cm³/mol. The molecular weight excluding hydrogens is 502 g/mol. The monoisotopic (exact) mass is 541 g/mol. The molecule has 210 valence electrons. The Balaban J connectivity index is 1.54. The minimum atomic E-state index is -0.951. The predicted octanol–water partition coefficient (Wildman–Crippen LogP) is 3.95. The van der Waals surface area contributed by atoms with Crippen molar-refractivity contribution in [2.45, 2.75) is 83.5 Å². The summed E-state index contributed by atoms with van der Waals surface area (Å²) in [5.74, 6) is -0.636. The zero-order chi connectivity index (χ0) is 28.6. The number of hydrogen-bond acceptors (Lipinski definition) is 5. The van der Waals surface area contributed by atoms with E-state index in [0.717, 1.165) is 5.56 Å². The zero-order valence-electron chi connectivity index (χ0n) is 23.9. The number of piperazine rings is 1. The molecule has 8 nitrogen and oxygen atoms in total. The first kappa shape index (κ1) is 27.7. The van der Waals surface area contributed by atoms with E-state index in [0.29, 0.717) is 24.8 Å². The van der Waals surface area contributed by atoms with Crippen molar-refractivity contribution in [2.75, 3.05) is 0 Å². The lowest BCUT2D eigenvalue weighted by Crippen LogP contribution is -2.67. The van der Waals surface area contributed by atoms with Crippen molar-refractivity contribution in [3.63, 3.8) is 0 Å². The van der Waals surface area contributed by atoms with Crippen LogP contribution in [0.5, 0.6) is 0 Å². The summed E-state index contributed by atoms with van der Waals surface area (Å²) in [5, 5.41) is 14.0. The SMILES string of the molecule is CC(C)CC1C(=O)NC(C2Cc3ccccc3C2)C(=O)N1C(C(=O)NC(C)(C)C)c1ccc(C2C=NN=C2)cc1. The maximum Gasteiger partial charge on any atom is 0.247 e. The molecule has 40 heavy (non-hydrogen) atoms. The van der Waals surface area contributed by atoms with E-state index >= 15 is 0 Å². The Morgan fingerprint density at radius 3 is 2.15 bits per heavy atom. The lowest BCUT2D eigenvalue weighted by Gasteiger charge is -2.45. The second-order valence-corrected chi connectivity index (χ2v) is 12.7. The molecular formula is C32H39N5O3. The molecule has 0 saturated carbocycles. The number of amides is 3. The van der Waals surface area contributed by atoms with Crippen LogP contribution >= 0.6 is 0 Å². The quantitative estimate of drug-likeness (QED) is 0.555. The molecule has 0 bridgehead atoms. The number of fused-ring (bicyclic) bond motifs is 1. The largest absolute Gasteiger partial charge is 0.349 e. The van der Waals surface area contributed by atoms with Crippen LogP contribution in [-0.2, 0) is 27.2 Å². The number of carbonyl (C=O) groups is 3. The van der Waals surface area contributed by atoms with Gasteiger partial charge in [0.15, 0.2) is 0 Å². The van der Waals surface area contributed by atoms with Gasteiger partial charge in [0.2, 0.25) is 17.7 Å². The molecule has 0 radical (unpaired) electrons. The van der Waals surface area contributed by atoms with Crippen LogP contribution in [0, 0.1) is 11.8 Å². The highest BCUT2D eigenvalue weighted by atomic mass is 16.2. The molecule has 3 atom stereocenters. The molecule has 2 aromatic carbocycles. The lowest BCUT2D eigenvalue weighted by molar-refractivity contribution is -0.158. The molecule has 8 heteroatoms. The Morgan fingerprint density at radius 1 is 1.00 bits per heavy atom. The molecule has 0 spiro atoms. The maximum atomic E-state index is 14.5. The van der Waals surface area contributed by atoms with Crippen LogP contribution in [0.2, 0.25) is 0 Å². The summed E-state index contributed by atoms with van der Waals surface area (Å²) in [6, 6.07) is 13.4. The molecule has 2 aromatic rings. The van der Waals surface area contributed by atoms with Gasteiger partial charge >= 0.3 is 0 Å². The Bertz CT molecular complexity index is 1300. The summed E-state index contributed by atoms with van der Waals surface area (Å²) >= 11 is 0. The summed E-state index contributed by atoms with van der Waals surface area (Å²) in [7, 11) is 0. The van der Waals surface area contributed by atoms with Crippen molar-refractivity contribution in [3.05, 3.63) is 70.8 Å². The Morgan fingerprint density at radius 2 is 1.60 bits per heavy atom. The van der Waals surface area contributed by atoms with Crippen LogP contribution < -0.4 is 10.6 Å². The van der Waals surface area contributed by atoms with E-state index in [9.17, 15) is 14.4 Å². The van der Waals surface area contributed by atoms with Crippen LogP contribution in [0.4, 0.5) is 0 Å². The van der Waals surface area contributed by atoms with Crippen LogP contribution in [-0.4, -0.2) is 52.7 Å². The molecule has 1 aliphatic carbocycles. The zero-order valence-corrected chi connectivity index (χ0v) is 23.9. The summed E-state index contributed by atoms with van der Waals surface area (Å²) in [4.78, 5) is 43.8. The van der Waals surface area contributed by atoms with Gasteiger partial charge in [-0.25, -0.2) is 0 Å². The van der Waals surface area contributed by atoms with Gasteiger partial charge in [0.1, 0.15) is 18.1 Å². The van der Waals surface area contributed by atoms with Crippen LogP contribution in [0.15, 0.2) is 58.7 Å². The van der Waals surface area contributed by atoms with E-state index in [1.165, 1.54) is 11.1 Å². The third-order valence-electron chi connectivity index (χ3n) is 7.89. The van der Waals surface area contributed by atoms with Gasteiger partial charge in [-0.2, -0.15) is 10.2 Å². The first-order valence-corrected chi connectivity index (χ1v) is 14.2. The van der Waals surface area contributed by atoms with Gasteiger partial charge in [0.25, 0.3) is 0 Å². The average molecular weight is 542 g/mol. The summed E-state index contributed by atoms with van der Waals surface area (Å²) in [5.41, 5.74) is 3.56. The number of rotatable bonds is 7. The Kier molecular flexibility index (Phi) is 7.62. The number of nitrogens with zero attached hydrogens (tertiary/aromatic N) is 3. The summed E-state index contributed by atoms with van der Waals surface area (Å²) < 4.78 is 0. The van der Waals surface area contributed by atoms with Gasteiger partial charge < -0.3 is 15.5 Å². The summed E-state index contributed by atoms with van der Waals surface area (Å²) in [6.45, 7) is 9.80. The van der Waals surface area contributed by atoms with Crippen LogP contribution in [0.1, 0.15) is 75.3 Å². The van der Waals surface area contributed by atoms with Crippen molar-refractivity contribution < 1.29 is 14.4 Å². The number of benzene rings is 2. The third kappa shape index (κ3) is 5.71. The average Bonchev–Trinajstić information content (AvgIpc) is 3.57. The molecule has 1 saturated heterocycles. The van der Waals surface area contributed by atoms with Crippen LogP contribution in [0.25, 0.3) is 0 Å². The molecule has 0 aromatic heterocycles. The smallest absolute Gasteiger partial charge is 0.247 e. The van der Waals surface area contributed by atoms with Gasteiger partial charge in [-0.1, -0.05) is 62.4 Å². The van der Waals surface area contributed by atoms with E-state index in [1.807, 2.05) is 71.0 Å². The Hall–Kier alpha value is -3.81. The van der Waals surface area contributed by atoms with Crippen LogP contribution in [0.3, 0.4) is 0 Å². The van der Waals surface area contributed by atoms with E-state index in [4.69, 9.17) is 0 Å². The molecule has 2 N–H and O–H groups in total. The second-order valence-electron chi connectivity index (χ2n) is 12.7. The van der Waals surface area contributed by atoms with Gasteiger partial charge in [-0.3, -0.25) is 14.4 Å². The fourth-order valence-corrected chi connectivity index (χ4v) is 6.08. The molecule has 5 rings (SSSR count). The molecule has 3 amide bonds. The fraction of sp³-hybridized carbons (Fsp3) is 0.469. The highest BCUT2D eigenvalue weighted by molar-refractivity contribution is 6.00. The molecule has 2 aliphatic heterocycles. The maximum absolute atomic E-state index is 14.5. The highest BCUT2D eigenvalue weighted by Crippen LogP contribution is 2.36. The Labute approximate surface area is 236 Å². The van der Waals surface area contributed by atoms with Crippen molar-refractivity contribution in [1.29, 1.82) is 0 Å². The van der Waals surface area contributed by atoms with Crippen molar-refractivity contribution in [3.8, 4) is 0 Å². The molecule has 3 unspecified atom stereocenters. The van der Waals surface area contributed by atoms with E-state index in [2.05, 4.69) is 33.0 Å². The highest BCUT2D eigenvalue weighted by Gasteiger charge is 2.49. The minimum Gasteiger partial charge on any atom is -0.349 e. The van der Waals surface area contributed by atoms with E-state index < -0.39 is 23.7 Å². The van der Waals surface area contributed by atoms with Gasteiger partial charge in [-0.05, 0) is 74.1 Å². The third-order valence-corrected chi connectivity index (χ3v) is 7.89. The lowest BCUT2D eigenvalue weighted by atomic mass is 9.87. The first-order chi connectivity index (χ1) is 19.0. The first-order valence-electron chi connectivity index (χ1n) is 14.2. The molecule has 3 aliphatic rings. The van der Waals surface area contributed by atoms with Gasteiger partial charge in [0.05, 0.1) is 5.92 Å². The van der Waals surface area contributed by atoms with Gasteiger partial charge in [0, 0.05) is 18.0 Å². The van der Waals surface area contributed by atoms with Crippen molar-refractivity contribution in [2.24, 2.45) is 22.0 Å². The number of carbonyl (C=O) groups excluding carboxylic acids is 3. The molecule has 2 heterocycles. The fourth-order valence-electron chi connectivity index (χ4n) is 6.08. The van der Waals surface area contributed by atoms with Crippen molar-refractivity contribution in [1.82, 2.24) is 15.5 Å². The van der Waals surface area contributed by atoms with Gasteiger partial charge in [-0.15, -0.1) is 0 Å². The van der Waals surface area contributed by atoms with Crippen molar-refractivity contribution >= 4 is 30.2 Å². The molecule has 1 fully saturated rings. The minimum absolute atomic E-state index is 0.0274. The van der Waals surface area contributed by atoms with E-state index in [1.54, 1.807) is 17.3 Å².